The van der Waals surface area contributed by atoms with E-state index in [1.165, 1.54) is 0 Å². The maximum Gasteiger partial charge on any atom is 0.412 e. The van der Waals surface area contributed by atoms with Crippen molar-refractivity contribution < 1.29 is 19.1 Å². The molecule has 3 rings (SSSR count). The third-order valence-electron chi connectivity index (χ3n) is 4.55. The summed E-state index contributed by atoms with van der Waals surface area (Å²) in [6.07, 6.45) is 0.933. The lowest BCUT2D eigenvalue weighted by Crippen LogP contribution is -2.34. The number of alkyl carbamates (subject to hydrolysis) is 1. The van der Waals surface area contributed by atoms with Crippen molar-refractivity contribution in [3.8, 4) is 0 Å². The van der Waals surface area contributed by atoms with E-state index in [0.29, 0.717) is 0 Å². The van der Waals surface area contributed by atoms with Crippen LogP contribution in [-0.4, -0.2) is 17.7 Å². The number of fused-ring (bicyclic) bond motifs is 1. The minimum Gasteiger partial charge on any atom is -0.456 e. The minimum absolute atomic E-state index is 0.0182. The van der Waals surface area contributed by atoms with Gasteiger partial charge in [-0.2, -0.15) is 0 Å². The molecule has 1 amide bonds. The van der Waals surface area contributed by atoms with Gasteiger partial charge in [-0.15, -0.1) is 0 Å². The molecule has 5 nitrogen and oxygen atoms in total. The molecule has 160 valence electrons. The molecule has 0 aliphatic heterocycles. The van der Waals surface area contributed by atoms with Crippen LogP contribution in [0, 0.1) is 6.92 Å². The van der Waals surface area contributed by atoms with Gasteiger partial charge < -0.3 is 9.47 Å². The Bertz CT molecular complexity index is 1110. The molecule has 3 aromatic carbocycles. The maximum absolute atomic E-state index is 12.9. The van der Waals surface area contributed by atoms with Crippen LogP contribution < -0.4 is 5.32 Å². The van der Waals surface area contributed by atoms with Crippen LogP contribution in [0.5, 0.6) is 0 Å². The van der Waals surface area contributed by atoms with E-state index in [-0.39, 0.29) is 12.3 Å². The molecule has 0 aliphatic rings. The van der Waals surface area contributed by atoms with E-state index >= 15 is 0 Å². The number of nitrogens with one attached hydrogen (secondary N) is 1. The van der Waals surface area contributed by atoms with Crippen molar-refractivity contribution in [3.05, 3.63) is 89.1 Å². The van der Waals surface area contributed by atoms with E-state index in [2.05, 4.69) is 5.32 Å². The molecule has 3 aromatic rings. The van der Waals surface area contributed by atoms with E-state index in [0.717, 1.165) is 27.5 Å². The average Bonchev–Trinajstić information content (AvgIpc) is 2.72. The molecule has 0 radical (unpaired) electrons. The van der Waals surface area contributed by atoms with Crippen molar-refractivity contribution in [1.29, 1.82) is 0 Å². The van der Waals surface area contributed by atoms with Gasteiger partial charge in [0.05, 0.1) is 0 Å². The SMILES string of the molecule is Cc1ccc2ccccc2c1/C=C(\NC(=O)OC(C)(C)C)C(=O)OCc1ccccc1. The van der Waals surface area contributed by atoms with Crippen LogP contribution in [0.25, 0.3) is 16.8 Å². The first kappa shape index (κ1) is 22.1. The number of hydrogen-bond acceptors (Lipinski definition) is 4. The van der Waals surface area contributed by atoms with Crippen LogP contribution in [0.15, 0.2) is 72.4 Å². The van der Waals surface area contributed by atoms with Gasteiger partial charge in [-0.05, 0) is 61.2 Å². The van der Waals surface area contributed by atoms with Gasteiger partial charge in [0.25, 0.3) is 0 Å². The van der Waals surface area contributed by atoms with Crippen LogP contribution in [-0.2, 0) is 20.9 Å². The summed E-state index contributed by atoms with van der Waals surface area (Å²) >= 11 is 0. The largest absolute Gasteiger partial charge is 0.456 e. The van der Waals surface area contributed by atoms with Gasteiger partial charge in [0.1, 0.15) is 17.9 Å². The first-order valence-corrected chi connectivity index (χ1v) is 10.1. The monoisotopic (exact) mass is 417 g/mol. The predicted molar refractivity (Wildman–Crippen MR) is 122 cm³/mol. The van der Waals surface area contributed by atoms with Gasteiger partial charge >= 0.3 is 12.1 Å². The third-order valence-corrected chi connectivity index (χ3v) is 4.55. The van der Waals surface area contributed by atoms with E-state index in [1.54, 1.807) is 26.8 Å². The van der Waals surface area contributed by atoms with Crippen molar-refractivity contribution >= 4 is 28.9 Å². The summed E-state index contributed by atoms with van der Waals surface area (Å²) in [5, 5.41) is 4.59. The molecule has 0 aliphatic carbocycles. The predicted octanol–water partition coefficient (Wildman–Crippen LogP) is 5.76. The number of ether oxygens (including phenoxy) is 2. The number of aryl methyl sites for hydroxylation is 1. The summed E-state index contributed by atoms with van der Waals surface area (Å²) in [6, 6.07) is 21.3. The van der Waals surface area contributed by atoms with Crippen LogP contribution in [0.2, 0.25) is 0 Å². The normalized spacial score (nSPS) is 11.8. The fourth-order valence-corrected chi connectivity index (χ4v) is 3.10. The number of rotatable bonds is 5. The van der Waals surface area contributed by atoms with Gasteiger partial charge in [0.2, 0.25) is 0 Å². The zero-order valence-electron chi connectivity index (χ0n) is 18.3. The van der Waals surface area contributed by atoms with Crippen molar-refractivity contribution in [2.75, 3.05) is 0 Å². The smallest absolute Gasteiger partial charge is 0.412 e. The van der Waals surface area contributed by atoms with Gasteiger partial charge in [-0.1, -0.05) is 66.7 Å². The molecule has 1 N–H and O–H groups in total. The van der Waals surface area contributed by atoms with E-state index in [4.69, 9.17) is 9.47 Å². The Labute approximate surface area is 182 Å². The Morgan fingerprint density at radius 3 is 2.32 bits per heavy atom. The summed E-state index contributed by atoms with van der Waals surface area (Å²) in [5.41, 5.74) is 1.98. The summed E-state index contributed by atoms with van der Waals surface area (Å²) in [4.78, 5) is 25.3. The molecule has 0 spiro atoms. The Hall–Kier alpha value is -3.60. The van der Waals surface area contributed by atoms with Gasteiger partial charge in [0.15, 0.2) is 0 Å². The number of carbonyl (C=O) groups excluding carboxylic acids is 2. The van der Waals surface area contributed by atoms with Gasteiger partial charge in [-0.3, -0.25) is 5.32 Å². The molecule has 31 heavy (non-hydrogen) atoms. The standard InChI is InChI=1S/C26H27NO4/c1-18-14-15-20-12-8-9-13-21(20)22(18)16-23(27-25(29)31-26(2,3)4)24(28)30-17-19-10-6-5-7-11-19/h5-16H,17H2,1-4H3,(H,27,29)/b23-16-. The number of esters is 1. The van der Waals surface area contributed by atoms with E-state index < -0.39 is 17.7 Å². The highest BCUT2D eigenvalue weighted by Crippen LogP contribution is 2.24. The highest BCUT2D eigenvalue weighted by molar-refractivity contribution is 6.01. The van der Waals surface area contributed by atoms with Crippen molar-refractivity contribution in [2.45, 2.75) is 39.9 Å². The number of hydrogen-bond donors (Lipinski definition) is 1. The number of benzene rings is 3. The topological polar surface area (TPSA) is 64.6 Å². The molecule has 0 bridgehead atoms. The molecule has 0 atom stereocenters. The minimum atomic E-state index is -0.715. The number of amides is 1. The second kappa shape index (κ2) is 9.47. The molecule has 0 heterocycles. The van der Waals surface area contributed by atoms with Gasteiger partial charge in [0, 0.05) is 0 Å². The van der Waals surface area contributed by atoms with Crippen LogP contribution >= 0.6 is 0 Å². The Morgan fingerprint density at radius 2 is 1.61 bits per heavy atom. The summed E-state index contributed by atoms with van der Waals surface area (Å²) in [5.74, 6) is -0.637. The van der Waals surface area contributed by atoms with Crippen LogP contribution in [0.4, 0.5) is 4.79 Å². The lowest BCUT2D eigenvalue weighted by Gasteiger charge is -2.20. The lowest BCUT2D eigenvalue weighted by molar-refractivity contribution is -0.140. The zero-order valence-corrected chi connectivity index (χ0v) is 18.3. The highest BCUT2D eigenvalue weighted by atomic mass is 16.6. The van der Waals surface area contributed by atoms with Crippen LogP contribution in [0.3, 0.4) is 0 Å². The number of carbonyl (C=O) groups is 2. The molecular weight excluding hydrogens is 390 g/mol. The molecule has 0 fully saturated rings. The van der Waals surface area contributed by atoms with Crippen molar-refractivity contribution in [2.24, 2.45) is 0 Å². The average molecular weight is 418 g/mol. The lowest BCUT2D eigenvalue weighted by atomic mass is 9.99. The Kier molecular flexibility index (Phi) is 6.75. The first-order valence-electron chi connectivity index (χ1n) is 10.1. The second-order valence-electron chi connectivity index (χ2n) is 8.26. The van der Waals surface area contributed by atoms with E-state index in [9.17, 15) is 9.59 Å². The first-order chi connectivity index (χ1) is 14.7. The second-order valence-corrected chi connectivity index (χ2v) is 8.26. The Balaban J connectivity index is 1.94. The molecule has 0 unspecified atom stereocenters. The molecule has 0 saturated heterocycles. The zero-order chi connectivity index (χ0) is 22.4. The van der Waals surface area contributed by atoms with Gasteiger partial charge in [-0.25, -0.2) is 9.59 Å². The summed E-state index contributed by atoms with van der Waals surface area (Å²) < 4.78 is 10.8. The quantitative estimate of drug-likeness (QED) is 0.424. The molecule has 0 aromatic heterocycles. The maximum atomic E-state index is 12.9. The molecule has 5 heteroatoms. The summed E-state index contributed by atoms with van der Waals surface area (Å²) in [7, 11) is 0. The molecular formula is C26H27NO4. The fraction of sp³-hybridized carbons (Fsp3) is 0.231. The van der Waals surface area contributed by atoms with Crippen molar-refractivity contribution in [1.82, 2.24) is 5.32 Å². The van der Waals surface area contributed by atoms with Crippen LogP contribution in [0.1, 0.15) is 37.5 Å². The van der Waals surface area contributed by atoms with E-state index in [1.807, 2.05) is 73.7 Å². The summed E-state index contributed by atoms with van der Waals surface area (Å²) in [6.45, 7) is 7.34. The molecule has 0 saturated carbocycles. The third kappa shape index (κ3) is 6.19. The van der Waals surface area contributed by atoms with Crippen molar-refractivity contribution in [3.63, 3.8) is 0 Å². The fourth-order valence-electron chi connectivity index (χ4n) is 3.10. The Morgan fingerprint density at radius 1 is 0.935 bits per heavy atom. The highest BCUT2D eigenvalue weighted by Gasteiger charge is 2.21.